The van der Waals surface area contributed by atoms with Gasteiger partial charge in [0.25, 0.3) is 0 Å². The molecular weight excluding hydrogens is 404 g/mol. The Hall–Kier alpha value is 0.454. The van der Waals surface area contributed by atoms with Crippen LogP contribution in [0.3, 0.4) is 0 Å². The van der Waals surface area contributed by atoms with Gasteiger partial charge in [0.2, 0.25) is 5.97 Å². The van der Waals surface area contributed by atoms with Gasteiger partial charge in [-0.2, -0.15) is 0 Å². The smallest absolute Gasteiger partial charge is 0.222 e. The van der Waals surface area contributed by atoms with Gasteiger partial charge in [0, 0.05) is 32.7 Å². The van der Waals surface area contributed by atoms with Crippen LogP contribution < -0.4 is 0 Å². The monoisotopic (exact) mass is 410 g/mol. The molecule has 0 amide bonds. The van der Waals surface area contributed by atoms with Gasteiger partial charge in [0.05, 0.1) is 20.5 Å². The minimum atomic E-state index is -0.828. The fraction of sp³-hybridized carbons (Fsp3) is 0.200. The van der Waals surface area contributed by atoms with E-state index >= 15 is 0 Å². The number of rotatable bonds is 4. The van der Waals surface area contributed by atoms with Crippen LogP contribution in [0.25, 0.3) is 0 Å². The molecule has 0 aliphatic heterocycles. The van der Waals surface area contributed by atoms with Crippen molar-refractivity contribution in [2.24, 2.45) is 0 Å². The molecule has 1 rings (SSSR count). The summed E-state index contributed by atoms with van der Waals surface area (Å²) < 4.78 is 5.59. The van der Waals surface area contributed by atoms with Gasteiger partial charge in [-0.3, -0.25) is 0 Å². The van der Waals surface area contributed by atoms with Crippen molar-refractivity contribution >= 4 is 50.6 Å². The molecule has 1 aromatic rings. The van der Waals surface area contributed by atoms with Crippen LogP contribution in [-0.2, 0) is 42.2 Å². The fourth-order valence-electron chi connectivity index (χ4n) is 0.942. The topological polar surface area (TPSA) is 43.4 Å². The maximum absolute atomic E-state index is 11.7. The maximum Gasteiger partial charge on any atom is 0.222 e. The Balaban J connectivity index is 0.00000256. The third-order valence-electron chi connectivity index (χ3n) is 1.64. The van der Waals surface area contributed by atoms with Crippen LogP contribution >= 0.6 is 38.9 Å². The second kappa shape index (κ2) is 7.79. The molecule has 3 nitrogen and oxygen atoms in total. The molecule has 0 saturated carbocycles. The van der Waals surface area contributed by atoms with E-state index in [9.17, 15) is 9.59 Å². The quantitative estimate of drug-likeness (QED) is 0.191. The SMILES string of the molecule is [CH-]=C(C(=O)OCC)C(=O)c1cc(Br)sc1Cl.[Y]. The summed E-state index contributed by atoms with van der Waals surface area (Å²) in [6.45, 7) is 7.17. The molecule has 17 heavy (non-hydrogen) atoms. The van der Waals surface area contributed by atoms with Crippen molar-refractivity contribution in [3.63, 3.8) is 0 Å². The standard InChI is InChI=1S/C10H7BrClO3S.Y/c1-3-15-10(14)5(2)8(13)6-4-7(11)16-9(6)12;/h2,4H,3H2,1H3;/q-1;. The zero-order chi connectivity index (χ0) is 12.3. The van der Waals surface area contributed by atoms with Crippen LogP contribution in [0.1, 0.15) is 17.3 Å². The van der Waals surface area contributed by atoms with E-state index < -0.39 is 17.3 Å². The predicted molar refractivity (Wildman–Crippen MR) is 65.8 cm³/mol. The summed E-state index contributed by atoms with van der Waals surface area (Å²) >= 11 is 10.2. The minimum Gasteiger partial charge on any atom is -0.519 e. The summed E-state index contributed by atoms with van der Waals surface area (Å²) in [4.78, 5) is 23.0. The molecule has 1 radical (unpaired) electrons. The fourth-order valence-corrected chi connectivity index (χ4v) is 2.94. The van der Waals surface area contributed by atoms with Gasteiger partial charge in [0.1, 0.15) is 0 Å². The predicted octanol–water partition coefficient (Wildman–Crippen LogP) is 3.27. The van der Waals surface area contributed by atoms with Gasteiger partial charge in [-0.05, 0) is 34.5 Å². The van der Waals surface area contributed by atoms with Gasteiger partial charge >= 0.3 is 0 Å². The summed E-state index contributed by atoms with van der Waals surface area (Å²) in [5.41, 5.74) is -0.266. The van der Waals surface area contributed by atoms with Crippen LogP contribution in [0.2, 0.25) is 4.34 Å². The van der Waals surface area contributed by atoms with E-state index in [1.165, 1.54) is 17.4 Å². The van der Waals surface area contributed by atoms with E-state index in [-0.39, 0.29) is 49.2 Å². The molecule has 1 aromatic heterocycles. The Bertz CT molecular complexity index is 458. The minimum absolute atomic E-state index is 0. The van der Waals surface area contributed by atoms with Crippen molar-refractivity contribution in [3.05, 3.63) is 31.9 Å². The summed E-state index contributed by atoms with van der Waals surface area (Å²) in [7, 11) is 0. The van der Waals surface area contributed by atoms with E-state index in [0.717, 1.165) is 0 Å². The number of ether oxygens (including phenoxy) is 1. The number of hydrogen-bond acceptors (Lipinski definition) is 4. The number of halogens is 2. The molecule has 0 bridgehead atoms. The van der Waals surface area contributed by atoms with Crippen LogP contribution in [0.4, 0.5) is 0 Å². The molecule has 0 spiro atoms. The molecule has 0 aromatic carbocycles. The molecule has 0 fully saturated rings. The Kier molecular flexibility index (Phi) is 8.00. The van der Waals surface area contributed by atoms with Gasteiger partial charge in [-0.15, -0.1) is 11.3 Å². The van der Waals surface area contributed by atoms with Crippen molar-refractivity contribution in [1.82, 2.24) is 0 Å². The molecule has 0 aliphatic carbocycles. The van der Waals surface area contributed by atoms with E-state index in [2.05, 4.69) is 20.7 Å². The van der Waals surface area contributed by atoms with E-state index in [1.54, 1.807) is 6.92 Å². The molecule has 0 atom stereocenters. The first-order valence-electron chi connectivity index (χ1n) is 4.26. The number of thiophene rings is 1. The number of carbonyl (C=O) groups excluding carboxylic acids is 2. The van der Waals surface area contributed by atoms with Crippen molar-refractivity contribution < 1.29 is 47.0 Å². The van der Waals surface area contributed by atoms with Crippen molar-refractivity contribution in [2.45, 2.75) is 6.92 Å². The van der Waals surface area contributed by atoms with Gasteiger partial charge in [0.15, 0.2) is 0 Å². The average Bonchev–Trinajstić information content (AvgIpc) is 2.56. The molecule has 0 aliphatic rings. The maximum atomic E-state index is 11.7. The van der Waals surface area contributed by atoms with Gasteiger partial charge in [-0.25, -0.2) is 6.58 Å². The number of carbonyl (C=O) groups is 2. The Morgan fingerprint density at radius 2 is 2.18 bits per heavy atom. The first kappa shape index (κ1) is 17.5. The van der Waals surface area contributed by atoms with E-state index in [4.69, 9.17) is 18.2 Å². The second-order valence-electron chi connectivity index (χ2n) is 2.70. The largest absolute Gasteiger partial charge is 0.519 e. The van der Waals surface area contributed by atoms with E-state index in [1.807, 2.05) is 0 Å². The first-order valence-corrected chi connectivity index (χ1v) is 6.25. The zero-order valence-corrected chi connectivity index (χ0v) is 14.8. The molecular formula is C10H7BrClO3SY-. The Labute approximate surface area is 142 Å². The normalized spacial score (nSPS) is 9.35. The second-order valence-corrected chi connectivity index (χ2v) is 5.73. The Morgan fingerprint density at radius 3 is 2.59 bits per heavy atom. The molecule has 7 heteroatoms. The van der Waals surface area contributed by atoms with Gasteiger partial charge in [-0.1, -0.05) is 17.2 Å². The molecule has 1 heterocycles. The van der Waals surface area contributed by atoms with Crippen molar-refractivity contribution in [3.8, 4) is 0 Å². The van der Waals surface area contributed by atoms with Crippen LogP contribution in [-0.4, -0.2) is 18.4 Å². The molecule has 0 unspecified atom stereocenters. The summed E-state index contributed by atoms with van der Waals surface area (Å²) in [5.74, 6) is -1.45. The van der Waals surface area contributed by atoms with E-state index in [0.29, 0.717) is 3.79 Å². The molecule has 0 N–H and O–H groups in total. The van der Waals surface area contributed by atoms with Crippen molar-refractivity contribution in [1.29, 1.82) is 0 Å². The summed E-state index contributed by atoms with van der Waals surface area (Å²) in [6, 6.07) is 1.52. The average molecular weight is 411 g/mol. The van der Waals surface area contributed by atoms with Crippen LogP contribution in [0.15, 0.2) is 15.4 Å². The number of Topliss-reactive ketones (excluding diaryl/α,β-unsaturated/α-hetero) is 1. The van der Waals surface area contributed by atoms with Crippen LogP contribution in [0, 0.1) is 6.58 Å². The Morgan fingerprint density at radius 1 is 1.59 bits per heavy atom. The third-order valence-corrected chi connectivity index (χ3v) is 3.50. The molecule has 89 valence electrons. The van der Waals surface area contributed by atoms with Gasteiger partial charge < -0.3 is 14.3 Å². The van der Waals surface area contributed by atoms with Crippen molar-refractivity contribution in [2.75, 3.05) is 6.61 Å². The first-order chi connectivity index (χ1) is 7.47. The summed E-state index contributed by atoms with van der Waals surface area (Å²) in [5, 5.41) is 0. The van der Waals surface area contributed by atoms with Crippen LogP contribution in [0.5, 0.6) is 0 Å². The molecule has 0 saturated heterocycles. The number of esters is 1. The zero-order valence-electron chi connectivity index (χ0n) is 8.83. The summed E-state index contributed by atoms with van der Waals surface area (Å²) in [6.07, 6.45) is 0. The number of hydrogen-bond donors (Lipinski definition) is 0. The number of ketones is 1. The third kappa shape index (κ3) is 4.56.